The Balaban J connectivity index is 1.07. The molecule has 5 nitrogen and oxygen atoms in total. The van der Waals surface area contributed by atoms with Crippen LogP contribution in [0.2, 0.25) is 0 Å². The van der Waals surface area contributed by atoms with Gasteiger partial charge in [0.25, 0.3) is 0 Å². The lowest BCUT2D eigenvalue weighted by molar-refractivity contribution is -0.118. The van der Waals surface area contributed by atoms with E-state index in [9.17, 15) is 4.57 Å². The Hall–Kier alpha value is -0.180. The number of allylic oxidation sites excluding steroid dienone is 1. The predicted octanol–water partition coefficient (Wildman–Crippen LogP) is 8.06. The molecular weight excluding hydrogens is 502 g/mol. The fourth-order valence-corrected chi connectivity index (χ4v) is 19.2. The van der Waals surface area contributed by atoms with Crippen molar-refractivity contribution in [2.24, 2.45) is 41.4 Å². The van der Waals surface area contributed by atoms with Crippen LogP contribution in [-0.4, -0.2) is 28.6 Å². The zero-order valence-corrected chi connectivity index (χ0v) is 24.1. The Morgan fingerprint density at radius 3 is 1.68 bits per heavy atom. The van der Waals surface area contributed by atoms with Crippen molar-refractivity contribution in [3.8, 4) is 0 Å². The fourth-order valence-electron chi connectivity index (χ4n) is 12.2. The third-order valence-electron chi connectivity index (χ3n) is 12.5. The number of hydrogen-bond donors (Lipinski definition) is 0. The molecule has 9 fully saturated rings. The predicted molar refractivity (Wildman–Crippen MR) is 143 cm³/mol. The Kier molecular flexibility index (Phi) is 4.68. The molecule has 3 aliphatic heterocycles. The van der Waals surface area contributed by atoms with Crippen LogP contribution in [0.4, 0.5) is 0 Å². The van der Waals surface area contributed by atoms with Gasteiger partial charge in [-0.2, -0.15) is 0 Å². The summed E-state index contributed by atoms with van der Waals surface area (Å²) in [6.07, 6.45) is 16.1. The highest BCUT2D eigenvalue weighted by Gasteiger charge is 2.68. The Morgan fingerprint density at radius 2 is 1.19 bits per heavy atom. The molecule has 3 heterocycles. The summed E-state index contributed by atoms with van der Waals surface area (Å²) in [4.78, 5) is 0. The van der Waals surface area contributed by atoms with Gasteiger partial charge in [-0.3, -0.25) is 13.7 Å². The van der Waals surface area contributed by atoms with Crippen molar-refractivity contribution in [2.75, 3.05) is 0 Å². The maximum Gasteiger partial charge on any atom is 0.339 e. The summed E-state index contributed by atoms with van der Waals surface area (Å²) in [5.74, 6) is 6.33. The van der Waals surface area contributed by atoms with Gasteiger partial charge in [0.05, 0.1) is 28.6 Å². The molecule has 202 valence electrons. The molecule has 9 aliphatic carbocycles. The van der Waals surface area contributed by atoms with Gasteiger partial charge in [-0.15, -0.1) is 0 Å². The summed E-state index contributed by atoms with van der Waals surface area (Å²) in [5, 5.41) is 0. The SMILES string of the molecule is CC1=CP(=O)(OC23CC4CC(CC(C4)C2)C3)[C@H]2[C@@H]1[C@@H]1O[P@@](=O)(OC34CC5CC(CC(C5)C3)C4)[C@H]2C=C1C. The van der Waals surface area contributed by atoms with Gasteiger partial charge in [-0.25, -0.2) is 0 Å². The van der Waals surface area contributed by atoms with E-state index < -0.39 is 20.6 Å². The Bertz CT molecular complexity index is 1150. The van der Waals surface area contributed by atoms with E-state index in [2.05, 4.69) is 19.9 Å². The number of rotatable bonds is 4. The minimum Gasteiger partial charge on any atom is -0.319 e. The van der Waals surface area contributed by atoms with Crippen LogP contribution < -0.4 is 0 Å². The molecule has 0 aromatic heterocycles. The molecule has 0 spiro atoms. The molecule has 7 heteroatoms. The standard InChI is InChI=1S/C30H42O5P2/c1-17-3-25-28-26(18(2)16-36(28,31)34-29-10-19-4-20(11-29)6-21(5-19)12-29)27(17)33-37(25,32)35-30-13-22-7-23(14-30)9-24(8-22)15-30/h3,16,19-28H,4-15H2,1-2H3/t19?,20?,21?,22?,23?,24?,25-,26-,27+,28+,29?,30?,36?,37+/m0/s1. The molecule has 6 atom stereocenters. The van der Waals surface area contributed by atoms with Crippen LogP contribution in [0.5, 0.6) is 0 Å². The summed E-state index contributed by atoms with van der Waals surface area (Å²) in [5.41, 5.74) is 0.957. The molecular formula is C30H42O5P2. The lowest BCUT2D eigenvalue weighted by Crippen LogP contribution is -2.55. The van der Waals surface area contributed by atoms with E-state index >= 15 is 4.57 Å². The minimum atomic E-state index is -3.48. The van der Waals surface area contributed by atoms with Crippen LogP contribution in [0.3, 0.4) is 0 Å². The molecule has 12 rings (SSSR count). The summed E-state index contributed by atoms with van der Waals surface area (Å²) in [7, 11) is -6.66. The molecule has 0 aromatic carbocycles. The Labute approximate surface area is 221 Å². The van der Waals surface area contributed by atoms with Gasteiger partial charge in [0.2, 0.25) is 7.37 Å². The summed E-state index contributed by atoms with van der Waals surface area (Å²) in [6, 6.07) is 0. The highest BCUT2D eigenvalue weighted by atomic mass is 31.2. The van der Waals surface area contributed by atoms with Crippen molar-refractivity contribution in [3.63, 3.8) is 0 Å². The molecule has 1 unspecified atom stereocenters. The smallest absolute Gasteiger partial charge is 0.319 e. The van der Waals surface area contributed by atoms with Crippen molar-refractivity contribution < 1.29 is 22.7 Å². The Morgan fingerprint density at radius 1 is 0.730 bits per heavy atom. The average Bonchev–Trinajstić information content (AvgIpc) is 3.02. The van der Waals surface area contributed by atoms with Crippen molar-refractivity contribution >= 4 is 15.0 Å². The van der Waals surface area contributed by atoms with E-state index in [0.717, 1.165) is 67.4 Å². The van der Waals surface area contributed by atoms with E-state index in [1.807, 2.05) is 5.82 Å². The summed E-state index contributed by atoms with van der Waals surface area (Å²) >= 11 is 0. The first-order valence-corrected chi connectivity index (χ1v) is 18.7. The average molecular weight is 545 g/mol. The first kappa shape index (κ1) is 23.5. The first-order chi connectivity index (χ1) is 17.6. The molecule has 0 N–H and O–H groups in total. The van der Waals surface area contributed by atoms with Gasteiger partial charge in [-0.05, 0) is 132 Å². The maximum absolute atomic E-state index is 15.1. The largest absolute Gasteiger partial charge is 0.339 e. The van der Waals surface area contributed by atoms with Gasteiger partial charge >= 0.3 is 7.60 Å². The molecule has 1 saturated heterocycles. The summed E-state index contributed by atoms with van der Waals surface area (Å²) in [6.45, 7) is 4.20. The first-order valence-electron chi connectivity index (χ1n) is 15.3. The monoisotopic (exact) mass is 544 g/mol. The van der Waals surface area contributed by atoms with Gasteiger partial charge in [-0.1, -0.05) is 11.6 Å². The van der Waals surface area contributed by atoms with Crippen LogP contribution in [0, 0.1) is 41.4 Å². The molecule has 0 aromatic rings. The van der Waals surface area contributed by atoms with Crippen LogP contribution in [-0.2, 0) is 22.7 Å². The van der Waals surface area contributed by atoms with E-state index in [1.54, 1.807) is 0 Å². The van der Waals surface area contributed by atoms with Crippen molar-refractivity contribution in [1.82, 2.24) is 0 Å². The second-order valence-electron chi connectivity index (χ2n) is 15.4. The van der Waals surface area contributed by atoms with E-state index in [-0.39, 0.29) is 28.9 Å². The van der Waals surface area contributed by atoms with Gasteiger partial charge in [0.15, 0.2) is 0 Å². The molecule has 0 radical (unpaired) electrons. The van der Waals surface area contributed by atoms with Crippen molar-refractivity contribution in [2.45, 2.75) is 120 Å². The van der Waals surface area contributed by atoms with Gasteiger partial charge in [0, 0.05) is 11.7 Å². The van der Waals surface area contributed by atoms with E-state index in [4.69, 9.17) is 13.6 Å². The lowest BCUT2D eigenvalue weighted by Gasteiger charge is -2.59. The molecule has 0 amide bonds. The third kappa shape index (κ3) is 3.28. The van der Waals surface area contributed by atoms with Crippen molar-refractivity contribution in [1.29, 1.82) is 0 Å². The van der Waals surface area contributed by atoms with Gasteiger partial charge in [0.1, 0.15) is 0 Å². The second kappa shape index (κ2) is 7.36. The van der Waals surface area contributed by atoms with Crippen LogP contribution in [0.15, 0.2) is 23.0 Å². The van der Waals surface area contributed by atoms with E-state index in [0.29, 0.717) is 17.8 Å². The number of hydrogen-bond acceptors (Lipinski definition) is 5. The zero-order chi connectivity index (χ0) is 24.9. The third-order valence-corrected chi connectivity index (χ3v) is 18.0. The number of fused-ring (bicyclic) bond motifs is 1. The molecule has 8 saturated carbocycles. The van der Waals surface area contributed by atoms with Gasteiger partial charge < -0.3 is 9.05 Å². The van der Waals surface area contributed by atoms with Crippen LogP contribution in [0.25, 0.3) is 0 Å². The lowest BCUT2D eigenvalue weighted by atomic mass is 9.54. The molecule has 12 aliphatic rings. The van der Waals surface area contributed by atoms with Crippen LogP contribution in [0.1, 0.15) is 90.9 Å². The van der Waals surface area contributed by atoms with Crippen molar-refractivity contribution in [3.05, 3.63) is 23.0 Å². The topological polar surface area (TPSA) is 61.8 Å². The quantitative estimate of drug-likeness (QED) is 0.265. The highest BCUT2D eigenvalue weighted by Crippen LogP contribution is 2.80. The molecule has 10 bridgehead atoms. The summed E-state index contributed by atoms with van der Waals surface area (Å²) < 4.78 is 50.4. The maximum atomic E-state index is 15.1. The highest BCUT2D eigenvalue weighted by molar-refractivity contribution is 7.65. The minimum absolute atomic E-state index is 0.00298. The fraction of sp³-hybridized carbons (Fsp3) is 0.867. The second-order valence-corrected chi connectivity index (χ2v) is 19.8. The van der Waals surface area contributed by atoms with Crippen LogP contribution >= 0.6 is 15.0 Å². The zero-order valence-electron chi connectivity index (χ0n) is 22.3. The molecule has 37 heavy (non-hydrogen) atoms. The normalized spacial score (nSPS) is 62.1. The van der Waals surface area contributed by atoms with E-state index in [1.165, 1.54) is 38.5 Å².